The fourth-order valence-corrected chi connectivity index (χ4v) is 2.10. The zero-order valence-electron chi connectivity index (χ0n) is 9.56. The fourth-order valence-electron chi connectivity index (χ4n) is 2.10. The molecule has 0 heterocycles. The van der Waals surface area contributed by atoms with E-state index in [1.165, 1.54) is 11.6 Å². The quantitative estimate of drug-likeness (QED) is 0.558. The molecule has 1 aliphatic rings. The predicted molar refractivity (Wildman–Crippen MR) is 64.1 cm³/mol. The Morgan fingerprint density at radius 1 is 1.38 bits per heavy atom. The molecule has 16 heavy (non-hydrogen) atoms. The summed E-state index contributed by atoms with van der Waals surface area (Å²) in [4.78, 5) is 10.3. The van der Waals surface area contributed by atoms with E-state index in [1.807, 2.05) is 6.07 Å². The molecular formula is C13H15NO2. The molecule has 0 radical (unpaired) electrons. The highest BCUT2D eigenvalue weighted by atomic mass is 16.6. The number of nitro groups is 1. The van der Waals surface area contributed by atoms with Gasteiger partial charge < -0.3 is 0 Å². The van der Waals surface area contributed by atoms with Crippen molar-refractivity contribution in [2.24, 2.45) is 5.41 Å². The first-order valence-corrected chi connectivity index (χ1v) is 5.42. The van der Waals surface area contributed by atoms with Crippen LogP contribution in [0.15, 0.2) is 30.3 Å². The molecule has 0 saturated carbocycles. The maximum atomic E-state index is 10.7. The van der Waals surface area contributed by atoms with Crippen LogP contribution >= 0.6 is 0 Å². The molecule has 1 aliphatic carbocycles. The summed E-state index contributed by atoms with van der Waals surface area (Å²) in [6.07, 6.45) is 4.23. The predicted octanol–water partition coefficient (Wildman–Crippen LogP) is 3.80. The lowest BCUT2D eigenvalue weighted by molar-refractivity contribution is -0.384. The molecule has 0 bridgehead atoms. The minimum atomic E-state index is -0.343. The van der Waals surface area contributed by atoms with Crippen LogP contribution in [0.5, 0.6) is 0 Å². The molecule has 0 aromatic heterocycles. The van der Waals surface area contributed by atoms with Crippen molar-refractivity contribution in [3.8, 4) is 0 Å². The molecule has 1 aromatic rings. The Hall–Kier alpha value is -1.64. The molecule has 0 N–H and O–H groups in total. The Kier molecular flexibility index (Phi) is 2.54. The second-order valence-corrected chi connectivity index (χ2v) is 5.08. The maximum Gasteiger partial charge on any atom is 0.270 e. The zero-order chi connectivity index (χ0) is 11.8. The van der Waals surface area contributed by atoms with E-state index in [4.69, 9.17) is 0 Å². The minimum Gasteiger partial charge on any atom is -0.258 e. The summed E-state index contributed by atoms with van der Waals surface area (Å²) in [5, 5.41) is 10.7. The van der Waals surface area contributed by atoms with Gasteiger partial charge in [0.25, 0.3) is 5.69 Å². The van der Waals surface area contributed by atoms with Gasteiger partial charge >= 0.3 is 0 Å². The van der Waals surface area contributed by atoms with Gasteiger partial charge in [0.15, 0.2) is 0 Å². The summed E-state index contributed by atoms with van der Waals surface area (Å²) in [5.74, 6) is 0. The van der Waals surface area contributed by atoms with E-state index in [0.29, 0.717) is 5.41 Å². The molecule has 3 nitrogen and oxygen atoms in total. The lowest BCUT2D eigenvalue weighted by Crippen LogP contribution is -2.04. The second-order valence-electron chi connectivity index (χ2n) is 5.08. The Balaban J connectivity index is 2.29. The number of rotatable bonds is 2. The number of non-ortho nitro benzene ring substituents is 1. The van der Waals surface area contributed by atoms with E-state index >= 15 is 0 Å². The molecule has 1 aromatic carbocycles. The van der Waals surface area contributed by atoms with Gasteiger partial charge in [0, 0.05) is 12.1 Å². The molecule has 3 heteroatoms. The second kappa shape index (κ2) is 3.74. The molecule has 0 aliphatic heterocycles. The van der Waals surface area contributed by atoms with E-state index in [0.717, 1.165) is 18.4 Å². The standard InChI is InChI=1S/C13H15NO2/c1-13(2)7-6-11(9-13)10-4-3-5-12(8-10)14(15)16/h3-6,8H,7,9H2,1-2H3. The third-order valence-electron chi connectivity index (χ3n) is 3.00. The van der Waals surface area contributed by atoms with Crippen molar-refractivity contribution in [1.82, 2.24) is 0 Å². The van der Waals surface area contributed by atoms with E-state index in [9.17, 15) is 10.1 Å². The van der Waals surface area contributed by atoms with Crippen molar-refractivity contribution < 1.29 is 4.92 Å². The van der Waals surface area contributed by atoms with Gasteiger partial charge in [-0.25, -0.2) is 0 Å². The zero-order valence-corrected chi connectivity index (χ0v) is 9.56. The molecule has 0 spiro atoms. The minimum absolute atomic E-state index is 0.170. The van der Waals surface area contributed by atoms with E-state index in [2.05, 4.69) is 19.9 Å². The van der Waals surface area contributed by atoms with Crippen molar-refractivity contribution in [3.63, 3.8) is 0 Å². The molecule has 0 amide bonds. The van der Waals surface area contributed by atoms with Gasteiger partial charge in [-0.1, -0.05) is 32.1 Å². The molecule has 0 unspecified atom stereocenters. The summed E-state index contributed by atoms with van der Waals surface area (Å²) in [6.45, 7) is 4.43. The maximum absolute atomic E-state index is 10.7. The van der Waals surface area contributed by atoms with Gasteiger partial charge in [0.1, 0.15) is 0 Å². The Labute approximate surface area is 94.9 Å². The largest absolute Gasteiger partial charge is 0.270 e. The van der Waals surface area contributed by atoms with Crippen LogP contribution in [0.3, 0.4) is 0 Å². The highest BCUT2D eigenvalue weighted by Gasteiger charge is 2.25. The van der Waals surface area contributed by atoms with Gasteiger partial charge in [0.05, 0.1) is 4.92 Å². The molecule has 0 saturated heterocycles. The number of allylic oxidation sites excluding steroid dienone is 2. The monoisotopic (exact) mass is 217 g/mol. The van der Waals surface area contributed by atoms with Gasteiger partial charge in [0.2, 0.25) is 0 Å². The molecule has 0 atom stereocenters. The van der Waals surface area contributed by atoms with E-state index < -0.39 is 0 Å². The fraction of sp³-hybridized carbons (Fsp3) is 0.385. The highest BCUT2D eigenvalue weighted by Crippen LogP contribution is 2.41. The summed E-state index contributed by atoms with van der Waals surface area (Å²) in [5.41, 5.74) is 2.68. The third kappa shape index (κ3) is 2.13. The Morgan fingerprint density at radius 3 is 2.69 bits per heavy atom. The molecule has 0 fully saturated rings. The molecule has 84 valence electrons. The summed E-state index contributed by atoms with van der Waals surface area (Å²) < 4.78 is 0. The van der Waals surface area contributed by atoms with Crippen LogP contribution in [0, 0.1) is 15.5 Å². The SMILES string of the molecule is CC1(C)CC=C(c2cccc([N+](=O)[O-])c2)C1. The average Bonchev–Trinajstić information content (AvgIpc) is 2.59. The number of nitro benzene ring substituents is 1. The van der Waals surface area contributed by atoms with Crippen LogP contribution in [0.4, 0.5) is 5.69 Å². The van der Waals surface area contributed by atoms with Crippen LogP contribution < -0.4 is 0 Å². The smallest absolute Gasteiger partial charge is 0.258 e. The first-order chi connectivity index (χ1) is 7.48. The normalized spacial score (nSPS) is 18.2. The van der Waals surface area contributed by atoms with Gasteiger partial charge in [-0.3, -0.25) is 10.1 Å². The summed E-state index contributed by atoms with van der Waals surface area (Å²) in [6, 6.07) is 6.89. The van der Waals surface area contributed by atoms with Crippen molar-refractivity contribution in [2.75, 3.05) is 0 Å². The van der Waals surface area contributed by atoms with Crippen molar-refractivity contribution >= 4 is 11.3 Å². The third-order valence-corrected chi connectivity index (χ3v) is 3.00. The van der Waals surface area contributed by atoms with Crippen molar-refractivity contribution in [1.29, 1.82) is 0 Å². The lowest BCUT2D eigenvalue weighted by atomic mass is 9.88. The van der Waals surface area contributed by atoms with Gasteiger partial charge in [-0.15, -0.1) is 0 Å². The van der Waals surface area contributed by atoms with E-state index in [-0.39, 0.29) is 10.6 Å². The topological polar surface area (TPSA) is 43.1 Å². The Morgan fingerprint density at radius 2 is 2.12 bits per heavy atom. The Bertz CT molecular complexity index is 461. The van der Waals surface area contributed by atoms with Gasteiger partial charge in [-0.05, 0) is 29.4 Å². The highest BCUT2D eigenvalue weighted by molar-refractivity contribution is 5.69. The van der Waals surface area contributed by atoms with Crippen LogP contribution in [-0.2, 0) is 0 Å². The van der Waals surface area contributed by atoms with Crippen LogP contribution in [-0.4, -0.2) is 4.92 Å². The number of benzene rings is 1. The van der Waals surface area contributed by atoms with Crippen LogP contribution in [0.25, 0.3) is 5.57 Å². The number of nitrogens with zero attached hydrogens (tertiary/aromatic N) is 1. The molecular weight excluding hydrogens is 202 g/mol. The average molecular weight is 217 g/mol. The number of hydrogen-bond acceptors (Lipinski definition) is 2. The lowest BCUT2D eigenvalue weighted by Gasteiger charge is -2.16. The molecule has 2 rings (SSSR count). The van der Waals surface area contributed by atoms with Crippen LogP contribution in [0.2, 0.25) is 0 Å². The first kappa shape index (κ1) is 10.9. The van der Waals surface area contributed by atoms with Gasteiger partial charge in [-0.2, -0.15) is 0 Å². The first-order valence-electron chi connectivity index (χ1n) is 5.42. The van der Waals surface area contributed by atoms with Crippen LogP contribution in [0.1, 0.15) is 32.3 Å². The van der Waals surface area contributed by atoms with Crippen molar-refractivity contribution in [2.45, 2.75) is 26.7 Å². The summed E-state index contributed by atoms with van der Waals surface area (Å²) in [7, 11) is 0. The summed E-state index contributed by atoms with van der Waals surface area (Å²) >= 11 is 0. The van der Waals surface area contributed by atoms with E-state index in [1.54, 1.807) is 12.1 Å². The van der Waals surface area contributed by atoms with Crippen molar-refractivity contribution in [3.05, 3.63) is 46.0 Å². The number of hydrogen-bond donors (Lipinski definition) is 0.